The van der Waals surface area contributed by atoms with Crippen LogP contribution in [-0.2, 0) is 9.59 Å². The number of isocyanates is 2. The Kier molecular flexibility index (Phi) is 13.3. The van der Waals surface area contributed by atoms with Gasteiger partial charge in [-0.1, -0.05) is 6.92 Å². The van der Waals surface area contributed by atoms with Gasteiger partial charge < -0.3 is 0 Å². The van der Waals surface area contributed by atoms with Gasteiger partial charge in [-0.05, 0) is 19.3 Å². The maximum Gasteiger partial charge on any atom is 0.316 e. The quantitative estimate of drug-likeness (QED) is 0.264. The van der Waals surface area contributed by atoms with E-state index < -0.39 is 0 Å². The highest BCUT2D eigenvalue weighted by Crippen LogP contribution is 2.05. The van der Waals surface area contributed by atoms with Crippen molar-refractivity contribution in [2.75, 3.05) is 6.54 Å². The average Bonchev–Trinajstić information content (AvgIpc) is 2.10. The van der Waals surface area contributed by atoms with Crippen LogP contribution in [0.5, 0.6) is 0 Å². The van der Waals surface area contributed by atoms with E-state index in [4.69, 9.17) is 0 Å². The zero-order valence-electron chi connectivity index (χ0n) is 7.12. The Bertz CT molecular complexity index is 208. The lowest BCUT2D eigenvalue weighted by Gasteiger charge is -2.04. The molecular weight excluding hydrogens is 180 g/mol. The minimum absolute atomic E-state index is 0. The first kappa shape index (κ1) is 15.0. The van der Waals surface area contributed by atoms with Gasteiger partial charge in [0.1, 0.15) is 0 Å². The monoisotopic (exact) mass is 194 g/mol. The van der Waals surface area contributed by atoms with E-state index in [2.05, 4.69) is 9.98 Å². The second-order valence-electron chi connectivity index (χ2n) is 2.40. The van der Waals surface area contributed by atoms with Gasteiger partial charge in [0.2, 0.25) is 12.2 Å². The smallest absolute Gasteiger partial charge is 0.211 e. The first-order valence-corrected chi connectivity index (χ1v) is 3.95. The van der Waals surface area contributed by atoms with E-state index in [0.717, 1.165) is 19.3 Å². The van der Waals surface area contributed by atoms with Crippen LogP contribution < -0.4 is 0 Å². The lowest BCUT2D eigenvalue weighted by Crippen LogP contribution is -2.02. The molecule has 0 saturated heterocycles. The molecule has 0 aliphatic carbocycles. The lowest BCUT2D eigenvalue weighted by molar-refractivity contribution is 0.536. The van der Waals surface area contributed by atoms with Gasteiger partial charge in [-0.25, -0.2) is 19.6 Å². The number of hydrogen-bond acceptors (Lipinski definition) is 4. The van der Waals surface area contributed by atoms with Gasteiger partial charge in [-0.2, -0.15) is 0 Å². The lowest BCUT2D eigenvalue weighted by atomic mass is 10.1. The summed E-state index contributed by atoms with van der Waals surface area (Å²) in [4.78, 5) is 26.5. The van der Waals surface area contributed by atoms with Crippen molar-refractivity contribution in [2.45, 2.75) is 32.2 Å². The zero-order valence-corrected chi connectivity index (χ0v) is 7.12. The maximum absolute atomic E-state index is 9.89. The third-order valence-corrected chi connectivity index (χ3v) is 1.58. The number of rotatable bonds is 6. The molecule has 0 bridgehead atoms. The van der Waals surface area contributed by atoms with Gasteiger partial charge in [-0.3, -0.25) is 0 Å². The maximum atomic E-state index is 9.89. The third kappa shape index (κ3) is 9.44. The fourth-order valence-corrected chi connectivity index (χ4v) is 0.886. The SMILES string of the molecule is CCC(CCCN=C=O)N=C=O.[MgH2]. The summed E-state index contributed by atoms with van der Waals surface area (Å²) >= 11 is 0. The molecule has 1 unspecified atom stereocenters. The number of carbonyl (C=O) groups excluding carboxylic acids is 2. The van der Waals surface area contributed by atoms with Gasteiger partial charge in [0.05, 0.1) is 12.6 Å². The highest BCUT2D eigenvalue weighted by atomic mass is 24.3. The summed E-state index contributed by atoms with van der Waals surface area (Å²) < 4.78 is 0. The van der Waals surface area contributed by atoms with Gasteiger partial charge in [-0.15, -0.1) is 0 Å². The molecule has 0 aliphatic rings. The molecule has 0 heterocycles. The van der Waals surface area contributed by atoms with Gasteiger partial charge in [0, 0.05) is 0 Å². The summed E-state index contributed by atoms with van der Waals surface area (Å²) in [5, 5.41) is 0. The van der Waals surface area contributed by atoms with Crippen molar-refractivity contribution in [2.24, 2.45) is 9.98 Å². The Morgan fingerprint density at radius 2 is 2.00 bits per heavy atom. The highest BCUT2D eigenvalue weighted by Gasteiger charge is 2.01. The van der Waals surface area contributed by atoms with E-state index in [1.54, 1.807) is 0 Å². The minimum Gasteiger partial charge on any atom is -0.211 e. The molecule has 0 aromatic heterocycles. The summed E-state index contributed by atoms with van der Waals surface area (Å²) in [6.07, 6.45) is 5.34. The molecule has 0 aromatic rings. The molecule has 0 radical (unpaired) electrons. The van der Waals surface area contributed by atoms with Crippen molar-refractivity contribution in [1.82, 2.24) is 0 Å². The predicted octanol–water partition coefficient (Wildman–Crippen LogP) is 0.301. The summed E-state index contributed by atoms with van der Waals surface area (Å²) in [7, 11) is 0. The largest absolute Gasteiger partial charge is 0.316 e. The molecule has 0 aliphatic heterocycles. The van der Waals surface area contributed by atoms with Gasteiger partial charge in [0.15, 0.2) is 0 Å². The van der Waals surface area contributed by atoms with Crippen molar-refractivity contribution in [3.8, 4) is 0 Å². The van der Waals surface area contributed by atoms with Crippen LogP contribution in [0.15, 0.2) is 9.98 Å². The Morgan fingerprint density at radius 1 is 1.31 bits per heavy atom. The Morgan fingerprint density at radius 3 is 2.46 bits per heavy atom. The van der Waals surface area contributed by atoms with E-state index in [-0.39, 0.29) is 29.1 Å². The van der Waals surface area contributed by atoms with Crippen LogP contribution in [0.2, 0.25) is 0 Å². The molecule has 70 valence electrons. The Labute approximate surface area is 93.7 Å². The number of nitrogens with zero attached hydrogens (tertiary/aromatic N) is 2. The number of aliphatic imine (C=N–C) groups is 2. The van der Waals surface area contributed by atoms with Crippen LogP contribution in [0.1, 0.15) is 26.2 Å². The Hall–Kier alpha value is -0.474. The fourth-order valence-electron chi connectivity index (χ4n) is 0.886. The standard InChI is InChI=1S/C8H12N2O2.Mg.2H/c1-2-8(10-7-12)4-3-5-9-6-11;;;/h8H,2-5H2,1H3;;;. The average molecular weight is 195 g/mol. The fraction of sp³-hybridized carbons (Fsp3) is 0.750. The number of hydrogen-bond donors (Lipinski definition) is 0. The van der Waals surface area contributed by atoms with Crippen LogP contribution in [0.4, 0.5) is 0 Å². The highest BCUT2D eigenvalue weighted by molar-refractivity contribution is 5.75. The van der Waals surface area contributed by atoms with Crippen molar-refractivity contribution >= 4 is 35.2 Å². The normalized spacial score (nSPS) is 10.2. The van der Waals surface area contributed by atoms with E-state index in [1.165, 1.54) is 12.2 Å². The Balaban J connectivity index is 0. The van der Waals surface area contributed by atoms with Crippen LogP contribution in [-0.4, -0.2) is 47.8 Å². The van der Waals surface area contributed by atoms with Gasteiger partial charge >= 0.3 is 23.1 Å². The van der Waals surface area contributed by atoms with Crippen LogP contribution in [0.25, 0.3) is 0 Å². The third-order valence-electron chi connectivity index (χ3n) is 1.58. The molecule has 5 heteroatoms. The van der Waals surface area contributed by atoms with Crippen LogP contribution >= 0.6 is 0 Å². The topological polar surface area (TPSA) is 58.9 Å². The van der Waals surface area contributed by atoms with E-state index in [0.29, 0.717) is 6.54 Å². The molecule has 1 atom stereocenters. The summed E-state index contributed by atoms with van der Waals surface area (Å²) in [6, 6.07) is 0.0318. The molecule has 0 spiro atoms. The molecule has 13 heavy (non-hydrogen) atoms. The second-order valence-corrected chi connectivity index (χ2v) is 2.40. The molecular formula is C8H14MgN2O2. The van der Waals surface area contributed by atoms with Crippen molar-refractivity contribution < 1.29 is 9.59 Å². The molecule has 0 N–H and O–H groups in total. The summed E-state index contributed by atoms with van der Waals surface area (Å²) in [5.74, 6) is 0. The van der Waals surface area contributed by atoms with Crippen molar-refractivity contribution in [3.63, 3.8) is 0 Å². The molecule has 0 aromatic carbocycles. The first-order valence-electron chi connectivity index (χ1n) is 3.95. The van der Waals surface area contributed by atoms with E-state index >= 15 is 0 Å². The molecule has 4 nitrogen and oxygen atoms in total. The van der Waals surface area contributed by atoms with Crippen molar-refractivity contribution in [3.05, 3.63) is 0 Å². The zero-order chi connectivity index (χ0) is 9.23. The molecule has 0 saturated carbocycles. The summed E-state index contributed by atoms with van der Waals surface area (Å²) in [5.41, 5.74) is 0. The summed E-state index contributed by atoms with van der Waals surface area (Å²) in [6.45, 7) is 2.42. The van der Waals surface area contributed by atoms with E-state index in [9.17, 15) is 9.59 Å². The van der Waals surface area contributed by atoms with E-state index in [1.807, 2.05) is 6.92 Å². The molecule has 0 fully saturated rings. The minimum atomic E-state index is 0. The van der Waals surface area contributed by atoms with Gasteiger partial charge in [0.25, 0.3) is 0 Å². The molecule has 0 rings (SSSR count). The first-order chi connectivity index (χ1) is 5.85. The van der Waals surface area contributed by atoms with Crippen molar-refractivity contribution in [1.29, 1.82) is 0 Å². The van der Waals surface area contributed by atoms with Crippen LogP contribution in [0.3, 0.4) is 0 Å². The predicted molar refractivity (Wildman–Crippen MR) is 53.0 cm³/mol. The molecule has 0 amide bonds. The van der Waals surface area contributed by atoms with Crippen LogP contribution in [0, 0.1) is 0 Å². The second kappa shape index (κ2) is 11.5.